The molecule has 2 aromatic carbocycles. The Morgan fingerprint density at radius 2 is 1.74 bits per heavy atom. The average molecular weight is 457 g/mol. The Morgan fingerprint density at radius 3 is 2.32 bits per heavy atom. The highest BCUT2D eigenvalue weighted by Crippen LogP contribution is 2.33. The molecule has 0 saturated carbocycles. The summed E-state index contributed by atoms with van der Waals surface area (Å²) < 4.78 is 71.4. The molecule has 11 heteroatoms. The quantitative estimate of drug-likeness (QED) is 0.746. The lowest BCUT2D eigenvalue weighted by Crippen LogP contribution is -2.48. The number of amides is 1. The summed E-state index contributed by atoms with van der Waals surface area (Å²) in [4.78, 5) is 13.1. The third-order valence-electron chi connectivity index (χ3n) is 4.90. The molecule has 7 nitrogen and oxygen atoms in total. The molecule has 1 aliphatic rings. The second-order valence-corrected chi connectivity index (χ2v) is 8.92. The SMILES string of the molecule is COc1ccc(S(=O)(=O)N2CCN(c3cccc(C(F)(F)F)c3)CC2)cc1NC(C)=O. The Kier molecular flexibility index (Phi) is 6.46. The number of hydrogen-bond donors (Lipinski definition) is 1. The summed E-state index contributed by atoms with van der Waals surface area (Å²) in [6.45, 7) is 2.01. The van der Waals surface area contributed by atoms with Gasteiger partial charge in [-0.25, -0.2) is 8.42 Å². The van der Waals surface area contributed by atoms with Gasteiger partial charge >= 0.3 is 6.18 Å². The molecule has 0 aromatic heterocycles. The van der Waals surface area contributed by atoms with E-state index in [4.69, 9.17) is 4.74 Å². The van der Waals surface area contributed by atoms with E-state index < -0.39 is 21.8 Å². The average Bonchev–Trinajstić information content (AvgIpc) is 2.73. The summed E-state index contributed by atoms with van der Waals surface area (Å²) in [6, 6.07) is 9.14. The number of carbonyl (C=O) groups excluding carboxylic acids is 1. The fourth-order valence-corrected chi connectivity index (χ4v) is 4.80. The first kappa shape index (κ1) is 22.9. The molecule has 1 saturated heterocycles. The zero-order valence-electron chi connectivity index (χ0n) is 16.9. The van der Waals surface area contributed by atoms with Gasteiger partial charge in [-0.1, -0.05) is 6.07 Å². The number of sulfonamides is 1. The molecule has 1 heterocycles. The molecule has 1 fully saturated rings. The number of methoxy groups -OCH3 is 1. The van der Waals surface area contributed by atoms with Gasteiger partial charge in [0.25, 0.3) is 0 Å². The van der Waals surface area contributed by atoms with E-state index >= 15 is 0 Å². The molecule has 0 bridgehead atoms. The van der Waals surface area contributed by atoms with Crippen molar-refractivity contribution in [2.75, 3.05) is 43.5 Å². The second-order valence-electron chi connectivity index (χ2n) is 6.98. The van der Waals surface area contributed by atoms with Crippen LogP contribution in [-0.2, 0) is 21.0 Å². The first-order chi connectivity index (χ1) is 14.5. The number of carbonyl (C=O) groups is 1. The van der Waals surface area contributed by atoms with Gasteiger partial charge in [-0.3, -0.25) is 4.79 Å². The highest BCUT2D eigenvalue weighted by Gasteiger charge is 2.32. The fourth-order valence-electron chi connectivity index (χ4n) is 3.35. The van der Waals surface area contributed by atoms with Crippen LogP contribution in [0.15, 0.2) is 47.4 Å². The topological polar surface area (TPSA) is 79.0 Å². The number of nitrogens with zero attached hydrogens (tertiary/aromatic N) is 2. The largest absolute Gasteiger partial charge is 0.495 e. The maximum absolute atomic E-state index is 13.1. The standard InChI is InChI=1S/C20H22F3N3O4S/c1-14(27)24-18-13-17(6-7-19(18)30-2)31(28,29)26-10-8-25(9-11-26)16-5-3-4-15(12-16)20(21,22)23/h3-7,12-13H,8-11H2,1-2H3,(H,24,27). The summed E-state index contributed by atoms with van der Waals surface area (Å²) in [5, 5.41) is 2.54. The van der Waals surface area contributed by atoms with Crippen molar-refractivity contribution in [2.24, 2.45) is 0 Å². The third kappa shape index (κ3) is 5.10. The van der Waals surface area contributed by atoms with Crippen LogP contribution in [-0.4, -0.2) is 51.9 Å². The molecule has 0 atom stereocenters. The molecular weight excluding hydrogens is 435 g/mol. The van der Waals surface area contributed by atoms with Gasteiger partial charge in [0, 0.05) is 38.8 Å². The molecule has 0 radical (unpaired) electrons. The lowest BCUT2D eigenvalue weighted by atomic mass is 10.1. The normalized spacial score (nSPS) is 15.6. The van der Waals surface area contributed by atoms with Crippen molar-refractivity contribution in [3.8, 4) is 5.75 Å². The number of halogens is 3. The van der Waals surface area contributed by atoms with E-state index in [1.807, 2.05) is 0 Å². The van der Waals surface area contributed by atoms with Crippen LogP contribution in [0, 0.1) is 0 Å². The van der Waals surface area contributed by atoms with Crippen molar-refractivity contribution in [3.05, 3.63) is 48.0 Å². The molecule has 0 spiro atoms. The summed E-state index contributed by atoms with van der Waals surface area (Å²) in [6.07, 6.45) is -4.44. The van der Waals surface area contributed by atoms with Gasteiger partial charge in [-0.2, -0.15) is 17.5 Å². The van der Waals surface area contributed by atoms with Crippen molar-refractivity contribution in [3.63, 3.8) is 0 Å². The van der Waals surface area contributed by atoms with Gasteiger partial charge in [0.05, 0.1) is 23.3 Å². The first-order valence-corrected chi connectivity index (χ1v) is 10.8. The molecule has 31 heavy (non-hydrogen) atoms. The van der Waals surface area contributed by atoms with Crippen LogP contribution in [0.5, 0.6) is 5.75 Å². The van der Waals surface area contributed by atoms with Gasteiger partial charge in [0.1, 0.15) is 5.75 Å². The van der Waals surface area contributed by atoms with E-state index in [9.17, 15) is 26.4 Å². The maximum atomic E-state index is 13.1. The summed E-state index contributed by atoms with van der Waals surface area (Å²) in [7, 11) is -2.46. The number of benzene rings is 2. The maximum Gasteiger partial charge on any atom is 0.416 e. The van der Waals surface area contributed by atoms with Crippen molar-refractivity contribution in [1.29, 1.82) is 0 Å². The summed E-state index contributed by atoms with van der Waals surface area (Å²) in [5.41, 5.74) is -0.119. The van der Waals surface area contributed by atoms with Crippen molar-refractivity contribution in [2.45, 2.75) is 18.0 Å². The molecule has 0 unspecified atom stereocenters. The van der Waals surface area contributed by atoms with Crippen molar-refractivity contribution in [1.82, 2.24) is 4.31 Å². The zero-order chi connectivity index (χ0) is 22.8. The van der Waals surface area contributed by atoms with Crippen LogP contribution in [0.3, 0.4) is 0 Å². The Bertz CT molecular complexity index is 1070. The van der Waals surface area contributed by atoms with Crippen LogP contribution < -0.4 is 15.0 Å². The molecule has 3 rings (SSSR count). The monoisotopic (exact) mass is 457 g/mol. The smallest absolute Gasteiger partial charge is 0.416 e. The number of piperazine rings is 1. The number of ether oxygens (including phenoxy) is 1. The minimum Gasteiger partial charge on any atom is -0.495 e. The zero-order valence-corrected chi connectivity index (χ0v) is 17.8. The van der Waals surface area contributed by atoms with Crippen LogP contribution in [0.4, 0.5) is 24.5 Å². The fraction of sp³-hybridized carbons (Fsp3) is 0.350. The van der Waals surface area contributed by atoms with Crippen LogP contribution in [0.25, 0.3) is 0 Å². The van der Waals surface area contributed by atoms with E-state index in [0.29, 0.717) is 11.4 Å². The van der Waals surface area contributed by atoms with Crippen LogP contribution in [0.1, 0.15) is 12.5 Å². The van der Waals surface area contributed by atoms with Gasteiger partial charge in [0.15, 0.2) is 0 Å². The summed E-state index contributed by atoms with van der Waals surface area (Å²) >= 11 is 0. The van der Waals surface area contributed by atoms with Crippen LogP contribution >= 0.6 is 0 Å². The predicted molar refractivity (Wildman–Crippen MR) is 110 cm³/mol. The Labute approximate surface area is 178 Å². The molecular formula is C20H22F3N3O4S. The van der Waals surface area contributed by atoms with Crippen molar-refractivity contribution < 1.29 is 31.1 Å². The molecule has 0 aliphatic carbocycles. The number of nitrogens with one attached hydrogen (secondary N) is 1. The minimum absolute atomic E-state index is 0.00966. The summed E-state index contributed by atoms with van der Waals surface area (Å²) in [5.74, 6) is -0.0499. The van der Waals surface area contributed by atoms with E-state index in [1.165, 1.54) is 42.6 Å². The predicted octanol–water partition coefficient (Wildman–Crippen LogP) is 3.18. The number of alkyl halides is 3. The van der Waals surface area contributed by atoms with Gasteiger partial charge < -0.3 is 15.0 Å². The lowest BCUT2D eigenvalue weighted by molar-refractivity contribution is -0.137. The Hall–Kier alpha value is -2.79. The molecule has 1 N–H and O–H groups in total. The Morgan fingerprint density at radius 1 is 1.06 bits per heavy atom. The Balaban J connectivity index is 1.77. The first-order valence-electron chi connectivity index (χ1n) is 9.40. The molecule has 2 aromatic rings. The number of rotatable bonds is 5. The van der Waals surface area contributed by atoms with Gasteiger partial charge in [-0.15, -0.1) is 0 Å². The minimum atomic E-state index is -4.44. The third-order valence-corrected chi connectivity index (χ3v) is 6.79. The lowest BCUT2D eigenvalue weighted by Gasteiger charge is -2.35. The molecule has 1 amide bonds. The van der Waals surface area contributed by atoms with Crippen LogP contribution in [0.2, 0.25) is 0 Å². The van der Waals surface area contributed by atoms with Crippen molar-refractivity contribution >= 4 is 27.3 Å². The van der Waals surface area contributed by atoms with E-state index in [1.54, 1.807) is 11.0 Å². The highest BCUT2D eigenvalue weighted by molar-refractivity contribution is 7.89. The second kappa shape index (κ2) is 8.75. The van der Waals surface area contributed by atoms with E-state index in [-0.39, 0.29) is 42.7 Å². The van der Waals surface area contributed by atoms with E-state index in [2.05, 4.69) is 5.32 Å². The molecule has 168 valence electrons. The van der Waals surface area contributed by atoms with Gasteiger partial charge in [-0.05, 0) is 36.4 Å². The van der Waals surface area contributed by atoms with E-state index in [0.717, 1.165) is 12.1 Å². The molecule has 1 aliphatic heterocycles. The highest BCUT2D eigenvalue weighted by atomic mass is 32.2. The number of anilines is 2. The van der Waals surface area contributed by atoms with Gasteiger partial charge in [0.2, 0.25) is 15.9 Å². The number of hydrogen-bond acceptors (Lipinski definition) is 5.